The first-order valence-corrected chi connectivity index (χ1v) is 6.84. The average molecular weight is 281 g/mol. The highest BCUT2D eigenvalue weighted by Gasteiger charge is 2.15. The summed E-state index contributed by atoms with van der Waals surface area (Å²) in [5, 5.41) is 19.3. The molecule has 0 fully saturated rings. The van der Waals surface area contributed by atoms with Crippen LogP contribution in [0.25, 0.3) is 0 Å². The van der Waals surface area contributed by atoms with Gasteiger partial charge in [-0.3, -0.25) is 4.79 Å². The average Bonchev–Trinajstić information content (AvgIpc) is 3.04. The van der Waals surface area contributed by atoms with E-state index < -0.39 is 0 Å². The fraction of sp³-hybridized carbons (Fsp3) is 0.545. The molecule has 0 bridgehead atoms. The lowest BCUT2D eigenvalue weighted by Crippen LogP contribution is -2.22. The van der Waals surface area contributed by atoms with E-state index in [-0.39, 0.29) is 18.4 Å². The van der Waals surface area contributed by atoms with Crippen LogP contribution in [0.2, 0.25) is 0 Å². The SMILES string of the molecule is CCc1nnc(CNC(=O)c2nnc(C(C)C)s2)o1. The molecule has 0 radical (unpaired) electrons. The van der Waals surface area contributed by atoms with Crippen molar-refractivity contribution in [1.29, 1.82) is 0 Å². The van der Waals surface area contributed by atoms with Gasteiger partial charge in [-0.15, -0.1) is 20.4 Å². The van der Waals surface area contributed by atoms with Gasteiger partial charge in [0, 0.05) is 12.3 Å². The standard InChI is InChI=1S/C11H15N5O2S/c1-4-7-13-14-8(18-7)5-12-9(17)11-16-15-10(19-11)6(2)3/h6H,4-5H2,1-3H3,(H,12,17). The Morgan fingerprint density at radius 2 is 2.00 bits per heavy atom. The van der Waals surface area contributed by atoms with Crippen LogP contribution >= 0.6 is 11.3 Å². The molecule has 2 aromatic rings. The van der Waals surface area contributed by atoms with E-state index in [0.29, 0.717) is 23.2 Å². The van der Waals surface area contributed by atoms with Crippen molar-refractivity contribution in [3.63, 3.8) is 0 Å². The Bertz CT molecular complexity index is 563. The molecule has 1 amide bonds. The monoisotopic (exact) mass is 281 g/mol. The van der Waals surface area contributed by atoms with E-state index in [9.17, 15) is 4.79 Å². The number of amides is 1. The molecule has 8 heteroatoms. The summed E-state index contributed by atoms with van der Waals surface area (Å²) in [5.41, 5.74) is 0. The van der Waals surface area contributed by atoms with E-state index in [0.717, 1.165) is 5.01 Å². The van der Waals surface area contributed by atoms with Crippen LogP contribution in [-0.4, -0.2) is 26.3 Å². The van der Waals surface area contributed by atoms with Crippen molar-refractivity contribution in [3.8, 4) is 0 Å². The zero-order valence-corrected chi connectivity index (χ0v) is 11.8. The van der Waals surface area contributed by atoms with Crippen LogP contribution in [0.3, 0.4) is 0 Å². The second kappa shape index (κ2) is 5.87. The molecular formula is C11H15N5O2S. The maximum absolute atomic E-state index is 11.8. The van der Waals surface area contributed by atoms with Gasteiger partial charge in [0.25, 0.3) is 5.91 Å². The molecule has 0 atom stereocenters. The second-order valence-electron chi connectivity index (χ2n) is 4.23. The minimum atomic E-state index is -0.277. The zero-order chi connectivity index (χ0) is 13.8. The van der Waals surface area contributed by atoms with E-state index in [4.69, 9.17) is 4.42 Å². The van der Waals surface area contributed by atoms with Crippen LogP contribution in [-0.2, 0) is 13.0 Å². The van der Waals surface area contributed by atoms with Crippen LogP contribution in [0.4, 0.5) is 0 Å². The van der Waals surface area contributed by atoms with Gasteiger partial charge in [0.1, 0.15) is 5.01 Å². The maximum atomic E-state index is 11.8. The van der Waals surface area contributed by atoms with E-state index >= 15 is 0 Å². The number of aryl methyl sites for hydroxylation is 1. The van der Waals surface area contributed by atoms with Gasteiger partial charge in [0.05, 0.1) is 6.54 Å². The summed E-state index contributed by atoms with van der Waals surface area (Å²) in [6.45, 7) is 6.13. The number of hydrogen-bond acceptors (Lipinski definition) is 7. The molecule has 2 rings (SSSR count). The third-order valence-corrected chi connectivity index (χ3v) is 3.56. The molecule has 7 nitrogen and oxygen atoms in total. The Balaban J connectivity index is 1.93. The first kappa shape index (κ1) is 13.6. The van der Waals surface area contributed by atoms with Crippen molar-refractivity contribution in [2.75, 3.05) is 0 Å². The Kier molecular flexibility index (Phi) is 4.20. The molecular weight excluding hydrogens is 266 g/mol. The van der Waals surface area contributed by atoms with Gasteiger partial charge in [0.2, 0.25) is 16.8 Å². The van der Waals surface area contributed by atoms with E-state index in [1.807, 2.05) is 20.8 Å². The number of rotatable bonds is 5. The zero-order valence-electron chi connectivity index (χ0n) is 11.0. The second-order valence-corrected chi connectivity index (χ2v) is 5.24. The largest absolute Gasteiger partial charge is 0.423 e. The predicted molar refractivity (Wildman–Crippen MR) is 68.8 cm³/mol. The third-order valence-electron chi connectivity index (χ3n) is 2.34. The van der Waals surface area contributed by atoms with Gasteiger partial charge in [-0.2, -0.15) is 0 Å². The molecule has 102 valence electrons. The number of carbonyl (C=O) groups is 1. The van der Waals surface area contributed by atoms with Crippen LogP contribution in [0.5, 0.6) is 0 Å². The van der Waals surface area contributed by atoms with Gasteiger partial charge >= 0.3 is 0 Å². The van der Waals surface area contributed by atoms with Crippen molar-refractivity contribution >= 4 is 17.2 Å². The molecule has 2 heterocycles. The number of aromatic nitrogens is 4. The lowest BCUT2D eigenvalue weighted by atomic mass is 10.2. The molecule has 0 spiro atoms. The molecule has 0 aliphatic carbocycles. The minimum Gasteiger partial charge on any atom is -0.423 e. The van der Waals surface area contributed by atoms with Crippen molar-refractivity contribution < 1.29 is 9.21 Å². The molecule has 0 saturated heterocycles. The normalized spacial score (nSPS) is 10.9. The lowest BCUT2D eigenvalue weighted by Gasteiger charge is -1.97. The Morgan fingerprint density at radius 3 is 2.58 bits per heavy atom. The number of nitrogens with zero attached hydrogens (tertiary/aromatic N) is 4. The lowest BCUT2D eigenvalue weighted by molar-refractivity contribution is 0.0946. The topological polar surface area (TPSA) is 93.8 Å². The quantitative estimate of drug-likeness (QED) is 0.893. The van der Waals surface area contributed by atoms with Gasteiger partial charge in [-0.25, -0.2) is 0 Å². The van der Waals surface area contributed by atoms with E-state index in [2.05, 4.69) is 25.7 Å². The predicted octanol–water partition coefficient (Wildman–Crippen LogP) is 1.54. The van der Waals surface area contributed by atoms with Gasteiger partial charge in [0.15, 0.2) is 0 Å². The van der Waals surface area contributed by atoms with Crippen LogP contribution < -0.4 is 5.32 Å². The highest BCUT2D eigenvalue weighted by molar-refractivity contribution is 7.13. The molecule has 19 heavy (non-hydrogen) atoms. The van der Waals surface area contributed by atoms with Crippen LogP contribution in [0.1, 0.15) is 53.3 Å². The molecule has 0 saturated carbocycles. The maximum Gasteiger partial charge on any atom is 0.282 e. The summed E-state index contributed by atoms with van der Waals surface area (Å²) in [6.07, 6.45) is 0.676. The molecule has 0 aromatic carbocycles. The highest BCUT2D eigenvalue weighted by atomic mass is 32.1. The Labute approximate surface area is 114 Å². The molecule has 0 aliphatic heterocycles. The van der Waals surface area contributed by atoms with Crippen molar-refractivity contribution in [2.45, 2.75) is 39.7 Å². The van der Waals surface area contributed by atoms with Crippen molar-refractivity contribution in [3.05, 3.63) is 21.8 Å². The van der Waals surface area contributed by atoms with Crippen LogP contribution in [0, 0.1) is 0 Å². The van der Waals surface area contributed by atoms with Gasteiger partial charge < -0.3 is 9.73 Å². The molecule has 0 unspecified atom stereocenters. The number of hydrogen-bond donors (Lipinski definition) is 1. The summed E-state index contributed by atoms with van der Waals surface area (Å²) in [7, 11) is 0. The van der Waals surface area contributed by atoms with Crippen molar-refractivity contribution in [2.24, 2.45) is 0 Å². The number of carbonyl (C=O) groups excluding carboxylic acids is 1. The van der Waals surface area contributed by atoms with Crippen molar-refractivity contribution in [1.82, 2.24) is 25.7 Å². The van der Waals surface area contributed by atoms with E-state index in [1.165, 1.54) is 11.3 Å². The molecule has 1 N–H and O–H groups in total. The van der Waals surface area contributed by atoms with Gasteiger partial charge in [-0.1, -0.05) is 32.1 Å². The molecule has 2 aromatic heterocycles. The third kappa shape index (κ3) is 3.34. The summed E-state index contributed by atoms with van der Waals surface area (Å²) in [4.78, 5) is 11.8. The fourth-order valence-electron chi connectivity index (χ4n) is 1.29. The fourth-order valence-corrected chi connectivity index (χ4v) is 2.06. The van der Waals surface area contributed by atoms with Crippen LogP contribution in [0.15, 0.2) is 4.42 Å². The Morgan fingerprint density at radius 1 is 1.26 bits per heavy atom. The van der Waals surface area contributed by atoms with E-state index in [1.54, 1.807) is 0 Å². The first-order valence-electron chi connectivity index (χ1n) is 6.03. The molecule has 0 aliphatic rings. The summed E-state index contributed by atoms with van der Waals surface area (Å²) < 4.78 is 5.29. The number of nitrogens with one attached hydrogen (secondary N) is 1. The summed E-state index contributed by atoms with van der Waals surface area (Å²) in [5.74, 6) is 0.934. The summed E-state index contributed by atoms with van der Waals surface area (Å²) in [6, 6.07) is 0. The first-order chi connectivity index (χ1) is 9.10. The smallest absolute Gasteiger partial charge is 0.282 e. The minimum absolute atomic E-state index is 0.197. The van der Waals surface area contributed by atoms with Gasteiger partial charge in [-0.05, 0) is 0 Å². The Hall–Kier alpha value is -1.83. The summed E-state index contributed by atoms with van der Waals surface area (Å²) >= 11 is 1.29. The highest BCUT2D eigenvalue weighted by Crippen LogP contribution is 2.18.